The van der Waals surface area contributed by atoms with Gasteiger partial charge in [-0.1, -0.05) is 30.3 Å². The Bertz CT molecular complexity index is 631. The monoisotopic (exact) mass is 358 g/mol. The molecule has 2 saturated heterocycles. The lowest BCUT2D eigenvalue weighted by Crippen LogP contribution is -2.55. The Labute approximate surface area is 156 Å². The molecule has 0 radical (unpaired) electrons. The summed E-state index contributed by atoms with van der Waals surface area (Å²) in [5, 5.41) is 0. The Morgan fingerprint density at radius 2 is 1.96 bits per heavy atom. The maximum Gasteiger partial charge on any atom is 0.248 e. The highest BCUT2D eigenvalue weighted by molar-refractivity contribution is 5.78. The topological polar surface area (TPSA) is 49.9 Å². The number of likely N-dealkylation sites (tertiary alicyclic amines) is 2. The van der Waals surface area contributed by atoms with E-state index < -0.39 is 0 Å². The Morgan fingerprint density at radius 3 is 2.69 bits per heavy atom. The zero-order chi connectivity index (χ0) is 18.6. The zero-order valence-corrected chi connectivity index (χ0v) is 15.9. The molecule has 2 fully saturated rings. The van der Waals surface area contributed by atoms with Gasteiger partial charge in [-0.15, -0.1) is 0 Å². The molecule has 0 bridgehead atoms. The number of carbonyl (C=O) groups is 2. The summed E-state index contributed by atoms with van der Waals surface area (Å²) < 4.78 is 5.49. The summed E-state index contributed by atoms with van der Waals surface area (Å²) in [6.45, 7) is 6.99. The maximum absolute atomic E-state index is 12.5. The van der Waals surface area contributed by atoms with Crippen LogP contribution >= 0.6 is 0 Å². The van der Waals surface area contributed by atoms with Crippen molar-refractivity contribution in [1.82, 2.24) is 9.80 Å². The minimum atomic E-state index is 0.0361. The quantitative estimate of drug-likeness (QED) is 0.813. The number of ether oxygens (including phenoxy) is 1. The van der Waals surface area contributed by atoms with E-state index in [1.807, 2.05) is 41.8 Å². The van der Waals surface area contributed by atoms with Crippen LogP contribution in [0.25, 0.3) is 0 Å². The molecule has 142 valence electrons. The molecule has 0 saturated carbocycles. The first-order valence-corrected chi connectivity index (χ1v) is 9.69. The summed E-state index contributed by atoms with van der Waals surface area (Å²) in [5.74, 6) is 0.301. The smallest absolute Gasteiger partial charge is 0.248 e. The van der Waals surface area contributed by atoms with Crippen LogP contribution in [-0.4, -0.2) is 54.0 Å². The number of benzene rings is 1. The fourth-order valence-corrected chi connectivity index (χ4v) is 4.13. The van der Waals surface area contributed by atoms with Gasteiger partial charge in [0.1, 0.15) is 6.61 Å². The first-order valence-electron chi connectivity index (χ1n) is 9.69. The second-order valence-electron chi connectivity index (χ2n) is 8.01. The highest BCUT2D eigenvalue weighted by Crippen LogP contribution is 2.39. The van der Waals surface area contributed by atoms with Crippen molar-refractivity contribution in [1.29, 1.82) is 0 Å². The Morgan fingerprint density at radius 1 is 1.19 bits per heavy atom. The van der Waals surface area contributed by atoms with Crippen molar-refractivity contribution in [3.8, 4) is 0 Å². The third kappa shape index (κ3) is 4.64. The van der Waals surface area contributed by atoms with Crippen LogP contribution in [0.2, 0.25) is 0 Å². The number of rotatable bonds is 5. The van der Waals surface area contributed by atoms with Gasteiger partial charge >= 0.3 is 0 Å². The second-order valence-corrected chi connectivity index (χ2v) is 8.01. The third-order valence-electron chi connectivity index (χ3n) is 5.52. The molecule has 0 N–H and O–H groups in total. The van der Waals surface area contributed by atoms with E-state index in [-0.39, 0.29) is 29.9 Å². The van der Waals surface area contributed by atoms with Crippen molar-refractivity contribution >= 4 is 11.8 Å². The molecule has 2 amide bonds. The number of hydrogen-bond donors (Lipinski definition) is 0. The molecular weight excluding hydrogens is 328 g/mol. The molecule has 5 nitrogen and oxygen atoms in total. The number of carbonyl (C=O) groups excluding carboxylic acids is 2. The normalized spacial score (nSPS) is 23.7. The second kappa shape index (κ2) is 8.21. The molecule has 2 aliphatic rings. The molecule has 0 aromatic heterocycles. The van der Waals surface area contributed by atoms with E-state index in [0.29, 0.717) is 13.0 Å². The van der Waals surface area contributed by atoms with Crippen molar-refractivity contribution < 1.29 is 14.3 Å². The standard InChI is InChI=1S/C21H30N2O3/c1-17(2)26-14-20(25)22-12-6-10-21(15-22)11-9-19(24)23(16-21)13-18-7-4-3-5-8-18/h3-5,7-8,17H,6,9-16H2,1-2H3/t21-/m1/s1. The van der Waals surface area contributed by atoms with Gasteiger partial charge in [0, 0.05) is 38.0 Å². The van der Waals surface area contributed by atoms with E-state index in [1.54, 1.807) is 0 Å². The van der Waals surface area contributed by atoms with E-state index in [1.165, 1.54) is 0 Å². The lowest BCUT2D eigenvalue weighted by atomic mass is 9.73. The van der Waals surface area contributed by atoms with Crippen molar-refractivity contribution in [2.45, 2.75) is 52.2 Å². The van der Waals surface area contributed by atoms with Gasteiger partial charge in [0.15, 0.2) is 0 Å². The molecule has 0 aliphatic carbocycles. The van der Waals surface area contributed by atoms with Crippen molar-refractivity contribution in [3.63, 3.8) is 0 Å². The molecular formula is C21H30N2O3. The summed E-state index contributed by atoms with van der Waals surface area (Å²) in [6.07, 6.45) is 3.61. The van der Waals surface area contributed by atoms with E-state index in [2.05, 4.69) is 12.1 Å². The fourth-order valence-electron chi connectivity index (χ4n) is 4.13. The molecule has 2 aliphatic heterocycles. The van der Waals surface area contributed by atoms with Crippen LogP contribution in [0.3, 0.4) is 0 Å². The number of hydrogen-bond acceptors (Lipinski definition) is 3. The summed E-state index contributed by atoms with van der Waals surface area (Å²) in [6, 6.07) is 10.1. The van der Waals surface area contributed by atoms with Gasteiger partial charge in [0.2, 0.25) is 11.8 Å². The molecule has 1 aromatic rings. The van der Waals surface area contributed by atoms with Crippen LogP contribution in [0.1, 0.15) is 45.1 Å². The Hall–Kier alpha value is -1.88. The van der Waals surface area contributed by atoms with Crippen molar-refractivity contribution in [2.24, 2.45) is 5.41 Å². The van der Waals surface area contributed by atoms with Gasteiger partial charge in [-0.3, -0.25) is 9.59 Å². The Kier molecular flexibility index (Phi) is 5.97. The number of piperidine rings is 2. The lowest BCUT2D eigenvalue weighted by molar-refractivity contribution is -0.146. The van der Waals surface area contributed by atoms with Crippen LogP contribution in [0.5, 0.6) is 0 Å². The van der Waals surface area contributed by atoms with Gasteiger partial charge in [-0.05, 0) is 38.7 Å². The molecule has 1 spiro atoms. The van der Waals surface area contributed by atoms with Crippen LogP contribution in [0, 0.1) is 5.41 Å². The summed E-state index contributed by atoms with van der Waals surface area (Å²) in [7, 11) is 0. The maximum atomic E-state index is 12.5. The van der Waals surface area contributed by atoms with Crippen LogP contribution in [0.15, 0.2) is 30.3 Å². The molecule has 3 rings (SSSR count). The fraction of sp³-hybridized carbons (Fsp3) is 0.619. The van der Waals surface area contributed by atoms with E-state index >= 15 is 0 Å². The van der Waals surface area contributed by atoms with E-state index in [0.717, 1.165) is 44.5 Å². The number of amides is 2. The van der Waals surface area contributed by atoms with Crippen molar-refractivity contribution in [2.75, 3.05) is 26.2 Å². The third-order valence-corrected chi connectivity index (χ3v) is 5.52. The Balaban J connectivity index is 1.64. The minimum Gasteiger partial charge on any atom is -0.369 e. The molecule has 2 heterocycles. The van der Waals surface area contributed by atoms with E-state index in [9.17, 15) is 9.59 Å². The summed E-state index contributed by atoms with van der Waals surface area (Å²) >= 11 is 0. The minimum absolute atomic E-state index is 0.0361. The zero-order valence-electron chi connectivity index (χ0n) is 15.9. The summed E-state index contributed by atoms with van der Waals surface area (Å²) in [4.78, 5) is 28.9. The molecule has 26 heavy (non-hydrogen) atoms. The molecule has 5 heteroatoms. The largest absolute Gasteiger partial charge is 0.369 e. The SMILES string of the molecule is CC(C)OCC(=O)N1CCC[C@@]2(CCC(=O)N(Cc3ccccc3)C2)C1. The first kappa shape index (κ1) is 18.9. The van der Waals surface area contributed by atoms with Gasteiger partial charge < -0.3 is 14.5 Å². The first-order chi connectivity index (χ1) is 12.5. The van der Waals surface area contributed by atoms with E-state index in [4.69, 9.17) is 4.74 Å². The predicted octanol–water partition coefficient (Wildman–Crippen LogP) is 2.84. The lowest BCUT2D eigenvalue weighted by Gasteiger charge is -2.48. The van der Waals surface area contributed by atoms with Crippen LogP contribution in [0.4, 0.5) is 0 Å². The average molecular weight is 358 g/mol. The highest BCUT2D eigenvalue weighted by Gasteiger charge is 2.42. The van der Waals surface area contributed by atoms with Crippen molar-refractivity contribution in [3.05, 3.63) is 35.9 Å². The van der Waals surface area contributed by atoms with Gasteiger partial charge in [0.05, 0.1) is 6.10 Å². The number of nitrogens with zero attached hydrogens (tertiary/aromatic N) is 2. The summed E-state index contributed by atoms with van der Waals surface area (Å²) in [5.41, 5.74) is 1.20. The molecule has 1 atom stereocenters. The van der Waals surface area contributed by atoms with Gasteiger partial charge in [0.25, 0.3) is 0 Å². The molecule has 1 aromatic carbocycles. The molecule has 0 unspecified atom stereocenters. The van der Waals surface area contributed by atoms with Gasteiger partial charge in [-0.25, -0.2) is 0 Å². The van der Waals surface area contributed by atoms with Crippen LogP contribution in [-0.2, 0) is 20.9 Å². The van der Waals surface area contributed by atoms with Gasteiger partial charge in [-0.2, -0.15) is 0 Å². The van der Waals surface area contributed by atoms with Crippen LogP contribution < -0.4 is 0 Å². The predicted molar refractivity (Wildman–Crippen MR) is 100 cm³/mol. The average Bonchev–Trinajstić information content (AvgIpc) is 2.64. The highest BCUT2D eigenvalue weighted by atomic mass is 16.5.